The Morgan fingerprint density at radius 2 is 2.41 bits per heavy atom. The highest BCUT2D eigenvalue weighted by Gasteiger charge is 2.16. The number of hydrogen-bond donors (Lipinski definition) is 1. The van der Waals surface area contributed by atoms with Crippen molar-refractivity contribution >= 4 is 21.6 Å². The molecular formula is C12H17BrN2O2. The van der Waals surface area contributed by atoms with E-state index >= 15 is 0 Å². The fourth-order valence-corrected chi connectivity index (χ4v) is 2.23. The molecule has 0 aliphatic carbocycles. The molecule has 1 aliphatic heterocycles. The molecule has 1 aromatic heterocycles. The summed E-state index contributed by atoms with van der Waals surface area (Å²) >= 11 is 3.45. The highest BCUT2D eigenvalue weighted by molar-refractivity contribution is 9.10. The third-order valence-electron chi connectivity index (χ3n) is 2.95. The molecule has 17 heavy (non-hydrogen) atoms. The van der Waals surface area contributed by atoms with E-state index in [-0.39, 0.29) is 6.10 Å². The normalized spacial score (nSPS) is 20.2. The summed E-state index contributed by atoms with van der Waals surface area (Å²) < 4.78 is 12.1. The van der Waals surface area contributed by atoms with Crippen LogP contribution in [0.2, 0.25) is 0 Å². The molecule has 2 heterocycles. The van der Waals surface area contributed by atoms with Gasteiger partial charge in [-0.15, -0.1) is 0 Å². The fraction of sp³-hybridized carbons (Fsp3) is 0.583. The number of ether oxygens (including phenoxy) is 2. The molecule has 94 valence electrons. The largest absolute Gasteiger partial charge is 0.474 e. The predicted octanol–water partition coefficient (Wildman–Crippen LogP) is 2.68. The van der Waals surface area contributed by atoms with Crippen molar-refractivity contribution in [2.75, 3.05) is 18.9 Å². The Morgan fingerprint density at radius 1 is 1.59 bits per heavy atom. The molecule has 2 rings (SSSR count). The SMILES string of the molecule is Cc1c(N)cnc(OCC2CCCCO2)c1Br. The first-order valence-electron chi connectivity index (χ1n) is 5.83. The van der Waals surface area contributed by atoms with Crippen molar-refractivity contribution in [3.05, 3.63) is 16.2 Å². The second-order valence-corrected chi connectivity index (χ2v) is 5.05. The highest BCUT2D eigenvalue weighted by Crippen LogP contribution is 2.29. The molecule has 4 nitrogen and oxygen atoms in total. The number of halogens is 1. The summed E-state index contributed by atoms with van der Waals surface area (Å²) in [6.07, 6.45) is 5.24. The topological polar surface area (TPSA) is 57.4 Å². The summed E-state index contributed by atoms with van der Waals surface area (Å²) in [6, 6.07) is 0. The molecular weight excluding hydrogens is 284 g/mol. The first kappa shape index (κ1) is 12.6. The van der Waals surface area contributed by atoms with E-state index in [9.17, 15) is 0 Å². The van der Waals surface area contributed by atoms with Gasteiger partial charge in [-0.2, -0.15) is 0 Å². The van der Waals surface area contributed by atoms with Gasteiger partial charge >= 0.3 is 0 Å². The van der Waals surface area contributed by atoms with Crippen molar-refractivity contribution in [3.63, 3.8) is 0 Å². The molecule has 2 N–H and O–H groups in total. The first-order chi connectivity index (χ1) is 8.18. The number of nitrogen functional groups attached to an aromatic ring is 1. The maximum Gasteiger partial charge on any atom is 0.228 e. The van der Waals surface area contributed by atoms with E-state index in [2.05, 4.69) is 20.9 Å². The Morgan fingerprint density at radius 3 is 3.12 bits per heavy atom. The van der Waals surface area contributed by atoms with Crippen LogP contribution in [0, 0.1) is 6.92 Å². The molecule has 0 spiro atoms. The third-order valence-corrected chi connectivity index (χ3v) is 3.88. The van der Waals surface area contributed by atoms with Crippen LogP contribution in [-0.2, 0) is 4.74 Å². The Balaban J connectivity index is 1.96. The van der Waals surface area contributed by atoms with Crippen molar-refractivity contribution in [2.24, 2.45) is 0 Å². The molecule has 0 amide bonds. The van der Waals surface area contributed by atoms with Crippen LogP contribution in [0.4, 0.5) is 5.69 Å². The molecule has 1 aromatic rings. The summed E-state index contributed by atoms with van der Waals surface area (Å²) in [5.41, 5.74) is 7.38. The molecule has 0 radical (unpaired) electrons. The lowest BCUT2D eigenvalue weighted by atomic mass is 10.1. The zero-order valence-electron chi connectivity index (χ0n) is 9.91. The van der Waals surface area contributed by atoms with Crippen molar-refractivity contribution in [1.29, 1.82) is 0 Å². The van der Waals surface area contributed by atoms with Gasteiger partial charge in [-0.05, 0) is 47.7 Å². The number of nitrogens with two attached hydrogens (primary N) is 1. The minimum atomic E-state index is 0.190. The van der Waals surface area contributed by atoms with Gasteiger partial charge in [-0.25, -0.2) is 4.98 Å². The standard InChI is InChI=1S/C12H17BrN2O2/c1-8-10(14)6-15-12(11(8)13)17-7-9-4-2-3-5-16-9/h6,9H,2-5,7,14H2,1H3. The van der Waals surface area contributed by atoms with Crippen molar-refractivity contribution in [2.45, 2.75) is 32.3 Å². The molecule has 5 heteroatoms. The van der Waals surface area contributed by atoms with Gasteiger partial charge < -0.3 is 15.2 Å². The van der Waals surface area contributed by atoms with Crippen LogP contribution in [-0.4, -0.2) is 24.3 Å². The summed E-state index contributed by atoms with van der Waals surface area (Å²) in [4.78, 5) is 4.17. The summed E-state index contributed by atoms with van der Waals surface area (Å²) in [5.74, 6) is 0.589. The quantitative estimate of drug-likeness (QED) is 0.932. The van der Waals surface area contributed by atoms with E-state index in [1.807, 2.05) is 6.92 Å². The van der Waals surface area contributed by atoms with Crippen LogP contribution in [0.25, 0.3) is 0 Å². The third kappa shape index (κ3) is 3.10. The lowest BCUT2D eigenvalue weighted by molar-refractivity contribution is -0.0121. The van der Waals surface area contributed by atoms with Crippen LogP contribution in [0.1, 0.15) is 24.8 Å². The molecule has 1 unspecified atom stereocenters. The molecule has 1 fully saturated rings. The minimum Gasteiger partial charge on any atom is -0.474 e. The second kappa shape index (κ2) is 5.69. The zero-order chi connectivity index (χ0) is 12.3. The number of anilines is 1. The monoisotopic (exact) mass is 300 g/mol. The lowest BCUT2D eigenvalue weighted by Gasteiger charge is -2.22. The lowest BCUT2D eigenvalue weighted by Crippen LogP contribution is -2.26. The van der Waals surface area contributed by atoms with Crippen LogP contribution in [0.5, 0.6) is 5.88 Å². The predicted molar refractivity (Wildman–Crippen MR) is 70.2 cm³/mol. The Hall–Kier alpha value is -0.810. The van der Waals surface area contributed by atoms with Gasteiger partial charge in [0, 0.05) is 6.61 Å². The maximum atomic E-state index is 5.76. The molecule has 1 saturated heterocycles. The molecule has 0 saturated carbocycles. The molecule has 0 aromatic carbocycles. The van der Waals surface area contributed by atoms with Gasteiger partial charge in [0.25, 0.3) is 0 Å². The highest BCUT2D eigenvalue weighted by atomic mass is 79.9. The number of pyridine rings is 1. The van der Waals surface area contributed by atoms with Gasteiger partial charge in [0.2, 0.25) is 5.88 Å². The average Bonchev–Trinajstić information content (AvgIpc) is 2.36. The van der Waals surface area contributed by atoms with E-state index in [0.29, 0.717) is 18.2 Å². The van der Waals surface area contributed by atoms with Crippen LogP contribution >= 0.6 is 15.9 Å². The molecule has 0 bridgehead atoms. The Bertz CT molecular complexity index is 392. The van der Waals surface area contributed by atoms with Crippen LogP contribution < -0.4 is 10.5 Å². The van der Waals surface area contributed by atoms with E-state index in [4.69, 9.17) is 15.2 Å². The number of nitrogens with zero attached hydrogens (tertiary/aromatic N) is 1. The van der Waals surface area contributed by atoms with Crippen molar-refractivity contribution in [3.8, 4) is 5.88 Å². The minimum absolute atomic E-state index is 0.190. The maximum absolute atomic E-state index is 5.76. The summed E-state index contributed by atoms with van der Waals surface area (Å²) in [6.45, 7) is 3.32. The second-order valence-electron chi connectivity index (χ2n) is 4.26. The van der Waals surface area contributed by atoms with Crippen molar-refractivity contribution in [1.82, 2.24) is 4.98 Å². The zero-order valence-corrected chi connectivity index (χ0v) is 11.5. The van der Waals surface area contributed by atoms with Crippen LogP contribution in [0.15, 0.2) is 10.7 Å². The van der Waals surface area contributed by atoms with Gasteiger partial charge in [-0.3, -0.25) is 0 Å². The van der Waals surface area contributed by atoms with Gasteiger partial charge in [0.05, 0.1) is 22.5 Å². The van der Waals surface area contributed by atoms with Gasteiger partial charge in [0.1, 0.15) is 6.61 Å². The van der Waals surface area contributed by atoms with Gasteiger partial charge in [-0.1, -0.05) is 0 Å². The number of hydrogen-bond acceptors (Lipinski definition) is 4. The molecule has 1 aliphatic rings. The smallest absolute Gasteiger partial charge is 0.228 e. The Kier molecular flexibility index (Phi) is 4.23. The summed E-state index contributed by atoms with van der Waals surface area (Å²) in [5, 5.41) is 0. The summed E-state index contributed by atoms with van der Waals surface area (Å²) in [7, 11) is 0. The average molecular weight is 301 g/mol. The van der Waals surface area contributed by atoms with E-state index in [1.54, 1.807) is 6.20 Å². The fourth-order valence-electron chi connectivity index (χ4n) is 1.78. The first-order valence-corrected chi connectivity index (χ1v) is 6.62. The number of rotatable bonds is 3. The van der Waals surface area contributed by atoms with E-state index in [0.717, 1.165) is 29.5 Å². The molecule has 1 atom stereocenters. The van der Waals surface area contributed by atoms with E-state index in [1.165, 1.54) is 6.42 Å². The number of aromatic nitrogens is 1. The Labute approximate surface area is 110 Å². The van der Waals surface area contributed by atoms with Crippen molar-refractivity contribution < 1.29 is 9.47 Å². The van der Waals surface area contributed by atoms with Gasteiger partial charge in [0.15, 0.2) is 0 Å². The van der Waals surface area contributed by atoms with Crippen LogP contribution in [0.3, 0.4) is 0 Å². The van der Waals surface area contributed by atoms with E-state index < -0.39 is 0 Å².